The number of hydrogen-bond acceptors (Lipinski definition) is 5. The second kappa shape index (κ2) is 4.90. The van der Waals surface area contributed by atoms with Gasteiger partial charge in [0.05, 0.1) is 7.11 Å². The SMILES string of the molecule is COC(=O)c1cc2nnc(-c3ccccc3)n2nc1Cl. The van der Waals surface area contributed by atoms with Crippen LogP contribution in [0.2, 0.25) is 5.15 Å². The van der Waals surface area contributed by atoms with E-state index < -0.39 is 5.97 Å². The Morgan fingerprint density at radius 2 is 2.00 bits per heavy atom. The number of hydrogen-bond donors (Lipinski definition) is 0. The highest BCUT2D eigenvalue weighted by molar-refractivity contribution is 6.32. The zero-order chi connectivity index (χ0) is 14.1. The quantitative estimate of drug-likeness (QED) is 0.676. The van der Waals surface area contributed by atoms with Gasteiger partial charge in [0.1, 0.15) is 5.56 Å². The van der Waals surface area contributed by atoms with Crippen molar-refractivity contribution in [2.24, 2.45) is 0 Å². The van der Waals surface area contributed by atoms with Crippen LogP contribution < -0.4 is 0 Å². The Hall–Kier alpha value is -2.47. The number of carbonyl (C=O) groups is 1. The first kappa shape index (κ1) is 12.6. The largest absolute Gasteiger partial charge is 0.465 e. The van der Waals surface area contributed by atoms with Crippen LogP contribution in [0.25, 0.3) is 17.0 Å². The van der Waals surface area contributed by atoms with Gasteiger partial charge < -0.3 is 4.74 Å². The van der Waals surface area contributed by atoms with Gasteiger partial charge in [0.15, 0.2) is 16.6 Å². The fourth-order valence-corrected chi connectivity index (χ4v) is 2.04. The van der Waals surface area contributed by atoms with Gasteiger partial charge in [-0.2, -0.15) is 9.61 Å². The van der Waals surface area contributed by atoms with Crippen LogP contribution in [0.1, 0.15) is 10.4 Å². The summed E-state index contributed by atoms with van der Waals surface area (Å²) in [5, 5.41) is 12.3. The average Bonchev–Trinajstić information content (AvgIpc) is 2.89. The molecule has 1 aromatic carbocycles. The van der Waals surface area contributed by atoms with Crippen molar-refractivity contribution < 1.29 is 9.53 Å². The predicted octanol–water partition coefficient (Wildman–Crippen LogP) is 2.23. The number of halogens is 1. The molecular formula is C13H9ClN4O2. The summed E-state index contributed by atoms with van der Waals surface area (Å²) in [5.74, 6) is -0.00632. The molecule has 3 rings (SSSR count). The monoisotopic (exact) mass is 288 g/mol. The molecule has 100 valence electrons. The lowest BCUT2D eigenvalue weighted by Gasteiger charge is -2.03. The average molecular weight is 289 g/mol. The highest BCUT2D eigenvalue weighted by atomic mass is 35.5. The normalized spacial score (nSPS) is 10.7. The summed E-state index contributed by atoms with van der Waals surface area (Å²) >= 11 is 6.00. The first-order valence-corrected chi connectivity index (χ1v) is 6.14. The maximum Gasteiger partial charge on any atom is 0.341 e. The molecule has 0 spiro atoms. The Kier molecular flexibility index (Phi) is 3.08. The van der Waals surface area contributed by atoms with Crippen molar-refractivity contribution in [3.63, 3.8) is 0 Å². The van der Waals surface area contributed by atoms with E-state index in [4.69, 9.17) is 11.6 Å². The van der Waals surface area contributed by atoms with Gasteiger partial charge in [-0.1, -0.05) is 41.9 Å². The lowest BCUT2D eigenvalue weighted by atomic mass is 10.2. The van der Waals surface area contributed by atoms with Crippen LogP contribution in [0.4, 0.5) is 0 Å². The molecule has 0 saturated heterocycles. The number of fused-ring (bicyclic) bond motifs is 1. The van der Waals surface area contributed by atoms with Gasteiger partial charge in [-0.05, 0) is 0 Å². The number of esters is 1. The molecule has 0 atom stereocenters. The molecular weight excluding hydrogens is 280 g/mol. The maximum atomic E-state index is 11.6. The molecule has 0 unspecified atom stereocenters. The number of methoxy groups -OCH3 is 1. The number of nitrogens with zero attached hydrogens (tertiary/aromatic N) is 4. The highest BCUT2D eigenvalue weighted by Crippen LogP contribution is 2.21. The predicted molar refractivity (Wildman–Crippen MR) is 72.6 cm³/mol. The van der Waals surface area contributed by atoms with Gasteiger partial charge in [0, 0.05) is 11.6 Å². The molecule has 2 aromatic heterocycles. The van der Waals surface area contributed by atoms with E-state index in [2.05, 4.69) is 20.0 Å². The maximum absolute atomic E-state index is 11.6. The van der Waals surface area contributed by atoms with Gasteiger partial charge in [-0.3, -0.25) is 0 Å². The van der Waals surface area contributed by atoms with Crippen molar-refractivity contribution in [3.05, 3.63) is 47.1 Å². The molecule has 0 aliphatic carbocycles. The third-order valence-corrected chi connectivity index (χ3v) is 3.06. The van der Waals surface area contributed by atoms with Crippen molar-refractivity contribution in [1.82, 2.24) is 19.8 Å². The number of rotatable bonds is 2. The minimum absolute atomic E-state index is 0.0429. The molecule has 2 heterocycles. The molecule has 0 radical (unpaired) electrons. The van der Waals surface area contributed by atoms with Crippen LogP contribution in [0, 0.1) is 0 Å². The Balaban J connectivity index is 2.20. The van der Waals surface area contributed by atoms with Gasteiger partial charge >= 0.3 is 5.97 Å². The van der Waals surface area contributed by atoms with Crippen molar-refractivity contribution in [2.45, 2.75) is 0 Å². The fraction of sp³-hybridized carbons (Fsp3) is 0.0769. The molecule has 20 heavy (non-hydrogen) atoms. The van der Waals surface area contributed by atoms with Crippen molar-refractivity contribution in [3.8, 4) is 11.4 Å². The summed E-state index contributed by atoms with van der Waals surface area (Å²) in [6, 6.07) is 11.0. The zero-order valence-electron chi connectivity index (χ0n) is 10.4. The van der Waals surface area contributed by atoms with E-state index in [-0.39, 0.29) is 10.7 Å². The molecule has 0 saturated carbocycles. The standard InChI is InChI=1S/C13H9ClN4O2/c1-20-13(19)9-7-10-15-16-12(18(10)17-11(9)14)8-5-3-2-4-6-8/h2-7H,1H3. The summed E-state index contributed by atoms with van der Waals surface area (Å²) in [6.07, 6.45) is 0. The van der Waals surface area contributed by atoms with E-state index in [0.717, 1.165) is 5.56 Å². The Morgan fingerprint density at radius 1 is 1.25 bits per heavy atom. The van der Waals surface area contributed by atoms with E-state index in [0.29, 0.717) is 11.5 Å². The third kappa shape index (κ3) is 2.00. The van der Waals surface area contributed by atoms with Gasteiger partial charge in [-0.25, -0.2) is 4.79 Å². The number of carbonyl (C=O) groups excluding carboxylic acids is 1. The first-order chi connectivity index (χ1) is 9.70. The van der Waals surface area contributed by atoms with Crippen molar-refractivity contribution in [2.75, 3.05) is 7.11 Å². The van der Waals surface area contributed by atoms with Crippen LogP contribution in [-0.4, -0.2) is 32.9 Å². The van der Waals surface area contributed by atoms with E-state index in [1.807, 2.05) is 30.3 Å². The van der Waals surface area contributed by atoms with Crippen LogP contribution in [0.5, 0.6) is 0 Å². The number of ether oxygens (including phenoxy) is 1. The summed E-state index contributed by atoms with van der Waals surface area (Å²) in [4.78, 5) is 11.6. The smallest absolute Gasteiger partial charge is 0.341 e. The second-order valence-corrected chi connectivity index (χ2v) is 4.36. The van der Waals surface area contributed by atoms with Gasteiger partial charge in [0.25, 0.3) is 0 Å². The molecule has 7 heteroatoms. The van der Waals surface area contributed by atoms with Crippen LogP contribution in [0.3, 0.4) is 0 Å². The molecule has 0 N–H and O–H groups in total. The Morgan fingerprint density at radius 3 is 2.70 bits per heavy atom. The van der Waals surface area contributed by atoms with Crippen molar-refractivity contribution in [1.29, 1.82) is 0 Å². The second-order valence-electron chi connectivity index (χ2n) is 4.00. The van der Waals surface area contributed by atoms with E-state index >= 15 is 0 Å². The summed E-state index contributed by atoms with van der Waals surface area (Å²) in [6.45, 7) is 0. The highest BCUT2D eigenvalue weighted by Gasteiger charge is 2.17. The Bertz CT molecular complexity index is 786. The third-order valence-electron chi connectivity index (χ3n) is 2.79. The summed E-state index contributed by atoms with van der Waals surface area (Å²) in [5.41, 5.74) is 1.44. The molecule has 0 aliphatic rings. The van der Waals surface area contributed by atoms with Crippen LogP contribution in [0.15, 0.2) is 36.4 Å². The zero-order valence-corrected chi connectivity index (χ0v) is 11.2. The van der Waals surface area contributed by atoms with Crippen LogP contribution in [-0.2, 0) is 4.74 Å². The molecule has 0 amide bonds. The molecule has 0 aliphatic heterocycles. The van der Waals surface area contributed by atoms with Gasteiger partial charge in [-0.15, -0.1) is 10.2 Å². The minimum Gasteiger partial charge on any atom is -0.465 e. The number of aromatic nitrogens is 4. The van der Waals surface area contributed by atoms with E-state index in [1.54, 1.807) is 0 Å². The minimum atomic E-state index is -0.561. The molecule has 3 aromatic rings. The fourth-order valence-electron chi connectivity index (χ4n) is 1.83. The summed E-state index contributed by atoms with van der Waals surface area (Å²) in [7, 11) is 1.28. The Labute approximate surface area is 119 Å². The number of benzene rings is 1. The molecule has 6 nitrogen and oxygen atoms in total. The van der Waals surface area contributed by atoms with E-state index in [9.17, 15) is 4.79 Å². The van der Waals surface area contributed by atoms with Crippen LogP contribution >= 0.6 is 11.6 Å². The molecule has 0 bridgehead atoms. The lowest BCUT2D eigenvalue weighted by Crippen LogP contribution is -2.06. The molecule has 0 fully saturated rings. The topological polar surface area (TPSA) is 69.4 Å². The first-order valence-electron chi connectivity index (χ1n) is 5.76. The summed E-state index contributed by atoms with van der Waals surface area (Å²) < 4.78 is 6.13. The van der Waals surface area contributed by atoms with Gasteiger partial charge in [0.2, 0.25) is 0 Å². The van der Waals surface area contributed by atoms with E-state index in [1.165, 1.54) is 17.7 Å². The van der Waals surface area contributed by atoms with Crippen molar-refractivity contribution >= 4 is 23.2 Å². The lowest BCUT2D eigenvalue weighted by molar-refractivity contribution is 0.0600.